The van der Waals surface area contributed by atoms with Crippen LogP contribution in [0, 0.1) is 13.8 Å². The van der Waals surface area contributed by atoms with Crippen molar-refractivity contribution in [2.75, 3.05) is 0 Å². The number of alkyl halides is 2. The number of benzene rings is 2. The third-order valence-electron chi connectivity index (χ3n) is 4.84. The molecule has 2 aromatic heterocycles. The van der Waals surface area contributed by atoms with E-state index in [-0.39, 0.29) is 12.1 Å². The van der Waals surface area contributed by atoms with Crippen molar-refractivity contribution in [2.45, 2.75) is 31.0 Å². The first-order valence-corrected chi connectivity index (χ1v) is 10.8. The molecule has 0 bridgehead atoms. The van der Waals surface area contributed by atoms with E-state index < -0.39 is 20.5 Å². The van der Waals surface area contributed by atoms with Gasteiger partial charge in [0.05, 0.1) is 23.3 Å². The summed E-state index contributed by atoms with van der Waals surface area (Å²) in [6.07, 6.45) is 2.84. The van der Waals surface area contributed by atoms with Crippen LogP contribution in [0.5, 0.6) is 0 Å². The summed E-state index contributed by atoms with van der Waals surface area (Å²) >= 11 is 0. The smallest absolute Gasteiger partial charge is 0.294 e. The number of rotatable bonds is 5. The van der Waals surface area contributed by atoms with Gasteiger partial charge in [0.2, 0.25) is 9.84 Å². The molecule has 4 rings (SSSR count). The zero-order valence-electron chi connectivity index (χ0n) is 16.7. The Hall–Kier alpha value is -3.40. The van der Waals surface area contributed by atoms with Gasteiger partial charge in [-0.2, -0.15) is 13.9 Å². The lowest BCUT2D eigenvalue weighted by atomic mass is 10.1. The summed E-state index contributed by atoms with van der Waals surface area (Å²) in [5.41, 5.74) is 3.59. The fraction of sp³-hybridized carbons (Fsp3) is 0.190. The lowest BCUT2D eigenvalue weighted by Gasteiger charge is -2.09. The number of aryl methyl sites for hydroxylation is 2. The van der Waals surface area contributed by atoms with Crippen molar-refractivity contribution in [2.24, 2.45) is 0 Å². The molecule has 4 aromatic rings. The monoisotopic (exact) mass is 444 g/mol. The summed E-state index contributed by atoms with van der Waals surface area (Å²) < 4.78 is 51.4. The van der Waals surface area contributed by atoms with Crippen LogP contribution in [0.1, 0.15) is 16.7 Å². The molecular weight excluding hydrogens is 426 g/mol. The average molecular weight is 444 g/mol. The zero-order valence-corrected chi connectivity index (χ0v) is 17.5. The normalized spacial score (nSPS) is 12.0. The van der Waals surface area contributed by atoms with Gasteiger partial charge in [0, 0.05) is 0 Å². The van der Waals surface area contributed by atoms with Crippen molar-refractivity contribution >= 4 is 20.9 Å². The Morgan fingerprint density at radius 3 is 2.29 bits per heavy atom. The molecular formula is C21H18F2N4O3S. The predicted octanol–water partition coefficient (Wildman–Crippen LogP) is 3.24. The second kappa shape index (κ2) is 7.69. The van der Waals surface area contributed by atoms with E-state index in [0.29, 0.717) is 16.6 Å². The molecule has 0 aliphatic heterocycles. The van der Waals surface area contributed by atoms with Crippen LogP contribution in [0.25, 0.3) is 16.7 Å². The molecule has 10 heteroatoms. The number of sulfone groups is 1. The van der Waals surface area contributed by atoms with Gasteiger partial charge in [-0.15, -0.1) is 0 Å². The van der Waals surface area contributed by atoms with Crippen LogP contribution in [0.2, 0.25) is 0 Å². The van der Waals surface area contributed by atoms with Gasteiger partial charge in [0.25, 0.3) is 5.56 Å². The van der Waals surface area contributed by atoms with Crippen molar-refractivity contribution < 1.29 is 17.2 Å². The molecule has 0 aliphatic carbocycles. The highest BCUT2D eigenvalue weighted by atomic mass is 32.2. The van der Waals surface area contributed by atoms with Gasteiger partial charge in [-0.1, -0.05) is 18.2 Å². The Morgan fingerprint density at radius 2 is 1.68 bits per heavy atom. The van der Waals surface area contributed by atoms with E-state index in [9.17, 15) is 22.0 Å². The Morgan fingerprint density at radius 1 is 1.03 bits per heavy atom. The van der Waals surface area contributed by atoms with E-state index in [4.69, 9.17) is 0 Å². The summed E-state index contributed by atoms with van der Waals surface area (Å²) in [7, 11) is -4.66. The maximum Gasteiger partial charge on any atom is 0.341 e. The van der Waals surface area contributed by atoms with Gasteiger partial charge in [-0.25, -0.2) is 18.1 Å². The summed E-state index contributed by atoms with van der Waals surface area (Å²) in [6, 6.07) is 10.9. The highest BCUT2D eigenvalue weighted by Gasteiger charge is 2.26. The molecule has 7 nitrogen and oxygen atoms in total. The van der Waals surface area contributed by atoms with Crippen LogP contribution in [0.3, 0.4) is 0 Å². The largest absolute Gasteiger partial charge is 0.341 e. The molecule has 2 aromatic carbocycles. The number of fused-ring (bicyclic) bond motifs is 1. The fourth-order valence-corrected chi connectivity index (χ4v) is 4.13. The highest BCUT2D eigenvalue weighted by Crippen LogP contribution is 2.20. The van der Waals surface area contributed by atoms with Gasteiger partial charge >= 0.3 is 5.76 Å². The number of halogens is 2. The summed E-state index contributed by atoms with van der Waals surface area (Å²) in [4.78, 5) is 16.8. The van der Waals surface area contributed by atoms with Gasteiger partial charge in [-0.05, 0) is 54.8 Å². The highest BCUT2D eigenvalue weighted by molar-refractivity contribution is 7.91. The van der Waals surface area contributed by atoms with E-state index in [1.54, 1.807) is 4.68 Å². The molecule has 0 saturated heterocycles. The molecule has 0 spiro atoms. The van der Waals surface area contributed by atoms with Gasteiger partial charge in [-0.3, -0.25) is 9.36 Å². The third-order valence-corrected chi connectivity index (χ3v) is 6.24. The average Bonchev–Trinajstić information content (AvgIpc) is 3.14. The molecule has 0 amide bonds. The molecule has 0 saturated carbocycles. The topological polar surface area (TPSA) is 86.9 Å². The van der Waals surface area contributed by atoms with Gasteiger partial charge in [0.15, 0.2) is 5.65 Å². The van der Waals surface area contributed by atoms with E-state index >= 15 is 0 Å². The SMILES string of the molecule is Cc1cc(C)cc(-n2ncc3c(=O)n(Cc4ccc(S(=O)(=O)C(F)F)cc4)cnc32)c1. The van der Waals surface area contributed by atoms with Gasteiger partial charge < -0.3 is 0 Å². The molecule has 0 N–H and O–H groups in total. The van der Waals surface area contributed by atoms with Crippen molar-refractivity contribution in [3.63, 3.8) is 0 Å². The molecule has 160 valence electrons. The Labute approximate surface area is 176 Å². The van der Waals surface area contributed by atoms with Crippen LogP contribution >= 0.6 is 0 Å². The van der Waals surface area contributed by atoms with Crippen molar-refractivity contribution in [1.82, 2.24) is 19.3 Å². The van der Waals surface area contributed by atoms with E-state index in [0.717, 1.165) is 28.9 Å². The number of hydrogen-bond acceptors (Lipinski definition) is 5. The molecule has 0 unspecified atom stereocenters. The predicted molar refractivity (Wildman–Crippen MR) is 111 cm³/mol. The fourth-order valence-electron chi connectivity index (χ4n) is 3.41. The molecule has 0 radical (unpaired) electrons. The summed E-state index contributed by atoms with van der Waals surface area (Å²) in [5, 5.41) is 4.65. The summed E-state index contributed by atoms with van der Waals surface area (Å²) in [6.45, 7) is 4.05. The Bertz CT molecular complexity index is 1420. The number of aromatic nitrogens is 4. The van der Waals surface area contributed by atoms with E-state index in [2.05, 4.69) is 10.1 Å². The lowest BCUT2D eigenvalue weighted by molar-refractivity contribution is 0.234. The minimum Gasteiger partial charge on any atom is -0.294 e. The molecule has 0 fully saturated rings. The minimum absolute atomic E-state index is 0.103. The number of hydrogen-bond donors (Lipinski definition) is 0. The second-order valence-electron chi connectivity index (χ2n) is 7.27. The minimum atomic E-state index is -4.66. The van der Waals surface area contributed by atoms with Crippen molar-refractivity contribution in [1.29, 1.82) is 0 Å². The van der Waals surface area contributed by atoms with Crippen LogP contribution in [-0.2, 0) is 16.4 Å². The first-order chi connectivity index (χ1) is 14.7. The number of nitrogens with zero attached hydrogens (tertiary/aromatic N) is 4. The summed E-state index contributed by atoms with van der Waals surface area (Å²) in [5.74, 6) is -3.48. The lowest BCUT2D eigenvalue weighted by Crippen LogP contribution is -2.21. The van der Waals surface area contributed by atoms with Crippen LogP contribution in [-0.4, -0.2) is 33.5 Å². The third kappa shape index (κ3) is 3.86. The Kier molecular flexibility index (Phi) is 5.18. The van der Waals surface area contributed by atoms with Crippen LogP contribution in [0.15, 0.2) is 64.7 Å². The van der Waals surface area contributed by atoms with Crippen molar-refractivity contribution in [3.8, 4) is 5.69 Å². The zero-order chi connectivity index (χ0) is 22.3. The quantitative estimate of drug-likeness (QED) is 0.472. The van der Waals surface area contributed by atoms with Crippen LogP contribution in [0.4, 0.5) is 8.78 Å². The molecule has 0 atom stereocenters. The maximum atomic E-state index is 12.9. The molecule has 2 heterocycles. The van der Waals surface area contributed by atoms with E-state index in [1.165, 1.54) is 29.2 Å². The first kappa shape index (κ1) is 20.9. The van der Waals surface area contributed by atoms with Gasteiger partial charge in [0.1, 0.15) is 11.7 Å². The van der Waals surface area contributed by atoms with Crippen molar-refractivity contribution in [3.05, 3.63) is 82.0 Å². The Balaban J connectivity index is 1.67. The first-order valence-electron chi connectivity index (χ1n) is 9.29. The molecule has 0 aliphatic rings. The van der Waals surface area contributed by atoms with E-state index in [1.807, 2.05) is 32.0 Å². The standard InChI is InChI=1S/C21H18F2N4O3S/c1-13-7-14(2)9-16(8-13)27-19-18(10-25-27)20(28)26(12-24-19)11-15-3-5-17(6-4-15)31(29,30)21(22)23/h3-10,12,21H,11H2,1-2H3. The maximum absolute atomic E-state index is 12.9. The van der Waals surface area contributed by atoms with Crippen LogP contribution < -0.4 is 5.56 Å². The second-order valence-corrected chi connectivity index (χ2v) is 9.18. The molecule has 31 heavy (non-hydrogen) atoms.